The molecule has 0 heterocycles. The Morgan fingerprint density at radius 3 is 2.45 bits per heavy atom. The van der Waals surface area contributed by atoms with E-state index in [1.54, 1.807) is 14.2 Å². The highest BCUT2D eigenvalue weighted by molar-refractivity contribution is 6.66. The third-order valence-corrected chi connectivity index (χ3v) is 5.57. The Morgan fingerprint density at radius 1 is 1.20 bits per heavy atom. The molecular formula is C13H23N3O3Si. The van der Waals surface area contributed by atoms with Crippen molar-refractivity contribution in [3.8, 4) is 0 Å². The Hall–Kier alpha value is -1.25. The molecular weight excluding hydrogens is 274 g/mol. The summed E-state index contributed by atoms with van der Waals surface area (Å²) in [7, 11) is 1.23. The molecule has 0 unspecified atom stereocenters. The van der Waals surface area contributed by atoms with Crippen molar-refractivity contribution in [3.05, 3.63) is 35.9 Å². The van der Waals surface area contributed by atoms with Crippen LogP contribution in [0.4, 0.5) is 0 Å². The van der Waals surface area contributed by atoms with Crippen LogP contribution < -0.4 is 10.9 Å². The van der Waals surface area contributed by atoms with E-state index in [2.05, 4.69) is 16.0 Å². The molecule has 112 valence electrons. The van der Waals surface area contributed by atoms with E-state index >= 15 is 0 Å². The summed E-state index contributed by atoms with van der Waals surface area (Å²) in [6.07, 6.45) is 0.642. The third-order valence-electron chi connectivity index (χ3n) is 2.95. The zero-order valence-corrected chi connectivity index (χ0v) is 13.5. The molecule has 20 heavy (non-hydrogen) atoms. The fourth-order valence-corrected chi connectivity index (χ4v) is 2.45. The van der Waals surface area contributed by atoms with Crippen molar-refractivity contribution in [2.45, 2.75) is 13.5 Å². The Bertz CT molecular complexity index is 411. The fourth-order valence-electron chi connectivity index (χ4n) is 1.43. The monoisotopic (exact) mass is 297 g/mol. The van der Waals surface area contributed by atoms with Gasteiger partial charge in [0.2, 0.25) is 0 Å². The van der Waals surface area contributed by atoms with Gasteiger partial charge >= 0.3 is 8.56 Å². The van der Waals surface area contributed by atoms with E-state index in [0.29, 0.717) is 12.9 Å². The van der Waals surface area contributed by atoms with Crippen LogP contribution >= 0.6 is 0 Å². The SMILES string of the molecule is CO[Si](C)(CNCON/N=C(\C)c1ccccc1)OC. The van der Waals surface area contributed by atoms with Gasteiger partial charge in [0, 0.05) is 20.4 Å². The zero-order valence-electron chi connectivity index (χ0n) is 12.5. The summed E-state index contributed by atoms with van der Waals surface area (Å²) < 4.78 is 10.7. The van der Waals surface area contributed by atoms with Gasteiger partial charge in [-0.2, -0.15) is 10.7 Å². The van der Waals surface area contributed by atoms with Crippen LogP contribution in [0.2, 0.25) is 6.55 Å². The zero-order chi connectivity index (χ0) is 14.8. The number of benzene rings is 1. The molecule has 0 aromatic heterocycles. The predicted octanol–water partition coefficient (Wildman–Crippen LogP) is 1.38. The smallest absolute Gasteiger partial charge is 0.348 e. The third kappa shape index (κ3) is 5.80. The molecule has 0 atom stereocenters. The van der Waals surface area contributed by atoms with Gasteiger partial charge in [-0.1, -0.05) is 30.3 Å². The van der Waals surface area contributed by atoms with Gasteiger partial charge in [-0.25, -0.2) is 4.84 Å². The topological polar surface area (TPSA) is 64.1 Å². The number of hydrogen-bond donors (Lipinski definition) is 2. The molecule has 1 aromatic rings. The Balaban J connectivity index is 2.22. The molecule has 0 amide bonds. The normalized spacial score (nSPS) is 12.5. The van der Waals surface area contributed by atoms with E-state index in [1.807, 2.05) is 43.8 Å². The maximum atomic E-state index is 5.34. The van der Waals surface area contributed by atoms with Crippen LogP contribution in [0.15, 0.2) is 35.4 Å². The first-order valence-electron chi connectivity index (χ1n) is 6.39. The molecule has 0 aliphatic heterocycles. The Labute approximate surface area is 121 Å². The molecule has 6 nitrogen and oxygen atoms in total. The minimum Gasteiger partial charge on any atom is -0.397 e. The fraction of sp³-hybridized carbons (Fsp3) is 0.462. The van der Waals surface area contributed by atoms with Crippen molar-refractivity contribution in [1.29, 1.82) is 0 Å². The second-order valence-electron chi connectivity index (χ2n) is 4.41. The van der Waals surface area contributed by atoms with Gasteiger partial charge in [0.15, 0.2) is 0 Å². The van der Waals surface area contributed by atoms with Crippen LogP contribution in [0.5, 0.6) is 0 Å². The van der Waals surface area contributed by atoms with Crippen molar-refractivity contribution in [2.24, 2.45) is 5.10 Å². The van der Waals surface area contributed by atoms with Crippen molar-refractivity contribution >= 4 is 14.3 Å². The Kier molecular flexibility index (Phi) is 7.41. The van der Waals surface area contributed by atoms with Crippen LogP contribution in [0.25, 0.3) is 0 Å². The highest BCUT2D eigenvalue weighted by Crippen LogP contribution is 2.01. The summed E-state index contributed by atoms with van der Waals surface area (Å²) in [5, 5.41) is 7.22. The van der Waals surface area contributed by atoms with E-state index in [9.17, 15) is 0 Å². The van der Waals surface area contributed by atoms with Gasteiger partial charge in [-0.3, -0.25) is 5.32 Å². The van der Waals surface area contributed by atoms with Gasteiger partial charge in [0.05, 0.1) is 5.71 Å². The largest absolute Gasteiger partial charge is 0.397 e. The second kappa shape index (κ2) is 8.83. The van der Waals surface area contributed by atoms with Crippen LogP contribution in [0, 0.1) is 0 Å². The molecule has 0 aliphatic rings. The predicted molar refractivity (Wildman–Crippen MR) is 81.4 cm³/mol. The molecule has 2 N–H and O–H groups in total. The van der Waals surface area contributed by atoms with Gasteiger partial charge in [0.1, 0.15) is 6.73 Å². The van der Waals surface area contributed by atoms with Crippen LogP contribution in [0.3, 0.4) is 0 Å². The minimum absolute atomic E-state index is 0.320. The van der Waals surface area contributed by atoms with Crippen molar-refractivity contribution in [3.63, 3.8) is 0 Å². The summed E-state index contributed by atoms with van der Waals surface area (Å²) >= 11 is 0. The van der Waals surface area contributed by atoms with Gasteiger partial charge < -0.3 is 8.85 Å². The average molecular weight is 297 g/mol. The van der Waals surface area contributed by atoms with Crippen LogP contribution in [0.1, 0.15) is 12.5 Å². The first-order valence-corrected chi connectivity index (χ1v) is 8.91. The van der Waals surface area contributed by atoms with E-state index in [1.165, 1.54) is 0 Å². The number of nitrogens with zero attached hydrogens (tertiary/aromatic N) is 1. The first-order chi connectivity index (χ1) is 9.61. The maximum Gasteiger partial charge on any atom is 0.348 e. The highest BCUT2D eigenvalue weighted by atomic mass is 28.4. The lowest BCUT2D eigenvalue weighted by molar-refractivity contribution is 0.0310. The molecule has 0 aliphatic carbocycles. The van der Waals surface area contributed by atoms with E-state index in [-0.39, 0.29) is 0 Å². The number of hydrogen-bond acceptors (Lipinski definition) is 6. The van der Waals surface area contributed by atoms with Crippen LogP contribution in [-0.2, 0) is 13.7 Å². The number of nitrogens with one attached hydrogen (secondary N) is 2. The number of hydrazone groups is 1. The first kappa shape index (κ1) is 16.8. The lowest BCUT2D eigenvalue weighted by Gasteiger charge is -2.22. The van der Waals surface area contributed by atoms with E-state index in [0.717, 1.165) is 11.3 Å². The van der Waals surface area contributed by atoms with Crippen molar-refractivity contribution in [1.82, 2.24) is 10.9 Å². The van der Waals surface area contributed by atoms with Gasteiger partial charge in [-0.05, 0) is 19.0 Å². The maximum absolute atomic E-state index is 5.34. The average Bonchev–Trinajstić information content (AvgIpc) is 2.51. The summed E-state index contributed by atoms with van der Waals surface area (Å²) in [5.74, 6) is 0. The van der Waals surface area contributed by atoms with Gasteiger partial charge in [-0.15, -0.1) is 0 Å². The lowest BCUT2D eigenvalue weighted by atomic mass is 10.1. The molecule has 1 rings (SSSR count). The van der Waals surface area contributed by atoms with Crippen molar-refractivity contribution in [2.75, 3.05) is 27.1 Å². The van der Waals surface area contributed by atoms with E-state index < -0.39 is 8.56 Å². The molecule has 0 spiro atoms. The van der Waals surface area contributed by atoms with Gasteiger partial charge in [0.25, 0.3) is 0 Å². The summed E-state index contributed by atoms with van der Waals surface area (Å²) in [6.45, 7) is 4.21. The molecule has 0 bridgehead atoms. The van der Waals surface area contributed by atoms with E-state index in [4.69, 9.17) is 13.7 Å². The molecule has 0 saturated carbocycles. The molecule has 7 heteroatoms. The van der Waals surface area contributed by atoms with Crippen LogP contribution in [-0.4, -0.2) is 41.4 Å². The highest BCUT2D eigenvalue weighted by Gasteiger charge is 2.27. The quantitative estimate of drug-likeness (QED) is 0.237. The minimum atomic E-state index is -2.09. The lowest BCUT2D eigenvalue weighted by Crippen LogP contribution is -2.47. The summed E-state index contributed by atoms with van der Waals surface area (Å²) in [6, 6.07) is 9.90. The standard InChI is InChI=1S/C13H23N3O3Si/c1-12(13-8-6-5-7-9-13)15-16-19-10-14-11-20(4,17-2)18-3/h5-9,14,16H,10-11H2,1-4H3/b15-12+. The Morgan fingerprint density at radius 2 is 1.85 bits per heavy atom. The second-order valence-corrected chi connectivity index (χ2v) is 7.85. The van der Waals surface area contributed by atoms with Crippen molar-refractivity contribution < 1.29 is 13.7 Å². The summed E-state index contributed by atoms with van der Waals surface area (Å²) in [4.78, 5) is 5.17. The molecule has 1 aromatic carbocycles. The molecule has 0 saturated heterocycles. The summed E-state index contributed by atoms with van der Waals surface area (Å²) in [5.41, 5.74) is 4.48. The molecule has 0 radical (unpaired) electrons. The molecule has 0 fully saturated rings. The number of rotatable bonds is 9.